The molecule has 0 radical (unpaired) electrons. The highest BCUT2D eigenvalue weighted by Crippen LogP contribution is 2.06. The van der Waals surface area contributed by atoms with Gasteiger partial charge in [0.1, 0.15) is 0 Å². The first-order valence-electron chi connectivity index (χ1n) is 6.29. The summed E-state index contributed by atoms with van der Waals surface area (Å²) in [6.07, 6.45) is 2.08. The molecule has 0 fully saturated rings. The van der Waals surface area contributed by atoms with Crippen molar-refractivity contribution >= 4 is 11.6 Å². The van der Waals surface area contributed by atoms with Gasteiger partial charge >= 0.3 is 0 Å². The summed E-state index contributed by atoms with van der Waals surface area (Å²) in [6.45, 7) is 6.16. The van der Waals surface area contributed by atoms with Gasteiger partial charge in [-0.05, 0) is 31.9 Å². The van der Waals surface area contributed by atoms with Crippen molar-refractivity contribution in [2.24, 2.45) is 0 Å². The topological polar surface area (TPSA) is 41.1 Å². The van der Waals surface area contributed by atoms with Gasteiger partial charge in [-0.2, -0.15) is 0 Å². The SMILES string of the molecule is CCC(CC)NC(C)C(=O)Nc1ccccc1. The van der Waals surface area contributed by atoms with Crippen molar-refractivity contribution in [3.05, 3.63) is 30.3 Å². The third-order valence-corrected chi connectivity index (χ3v) is 2.91. The van der Waals surface area contributed by atoms with E-state index in [0.717, 1.165) is 18.5 Å². The molecule has 94 valence electrons. The smallest absolute Gasteiger partial charge is 0.241 e. The van der Waals surface area contributed by atoms with E-state index in [1.165, 1.54) is 0 Å². The fourth-order valence-corrected chi connectivity index (χ4v) is 1.73. The van der Waals surface area contributed by atoms with Crippen molar-refractivity contribution < 1.29 is 4.79 Å². The predicted octanol–water partition coefficient (Wildman–Crippen LogP) is 2.79. The molecule has 0 spiro atoms. The standard InChI is InChI=1S/C14H22N2O/c1-4-12(5-2)15-11(3)14(17)16-13-9-7-6-8-10-13/h6-12,15H,4-5H2,1-3H3,(H,16,17). The van der Waals surface area contributed by atoms with Gasteiger partial charge in [0.2, 0.25) is 5.91 Å². The van der Waals surface area contributed by atoms with E-state index in [1.54, 1.807) is 0 Å². The number of anilines is 1. The second kappa shape index (κ2) is 7.07. The van der Waals surface area contributed by atoms with Crippen molar-refractivity contribution in [3.63, 3.8) is 0 Å². The van der Waals surface area contributed by atoms with Crippen LogP contribution >= 0.6 is 0 Å². The zero-order valence-corrected chi connectivity index (χ0v) is 10.9. The second-order valence-corrected chi connectivity index (χ2v) is 4.26. The van der Waals surface area contributed by atoms with E-state index >= 15 is 0 Å². The van der Waals surface area contributed by atoms with Crippen LogP contribution < -0.4 is 10.6 Å². The van der Waals surface area contributed by atoms with Crippen molar-refractivity contribution in [3.8, 4) is 0 Å². The monoisotopic (exact) mass is 234 g/mol. The van der Waals surface area contributed by atoms with Gasteiger partial charge in [-0.1, -0.05) is 32.0 Å². The molecule has 1 unspecified atom stereocenters. The van der Waals surface area contributed by atoms with Crippen LogP contribution in [0, 0.1) is 0 Å². The molecule has 1 aromatic rings. The molecule has 3 nitrogen and oxygen atoms in total. The van der Waals surface area contributed by atoms with Gasteiger partial charge in [-0.25, -0.2) is 0 Å². The van der Waals surface area contributed by atoms with Gasteiger partial charge in [0.15, 0.2) is 0 Å². The number of hydrogen-bond acceptors (Lipinski definition) is 2. The van der Waals surface area contributed by atoms with E-state index in [-0.39, 0.29) is 11.9 Å². The second-order valence-electron chi connectivity index (χ2n) is 4.26. The maximum Gasteiger partial charge on any atom is 0.241 e. The molecule has 0 saturated heterocycles. The van der Waals surface area contributed by atoms with Crippen LogP contribution in [0.3, 0.4) is 0 Å². The molecule has 0 heterocycles. The molecule has 3 heteroatoms. The molecule has 0 aliphatic rings. The zero-order valence-electron chi connectivity index (χ0n) is 10.9. The van der Waals surface area contributed by atoms with Gasteiger partial charge < -0.3 is 10.6 Å². The van der Waals surface area contributed by atoms with Gasteiger partial charge in [0, 0.05) is 11.7 Å². The third-order valence-electron chi connectivity index (χ3n) is 2.91. The number of benzene rings is 1. The number of nitrogens with one attached hydrogen (secondary N) is 2. The molecule has 0 aromatic heterocycles. The minimum absolute atomic E-state index is 0.0168. The largest absolute Gasteiger partial charge is 0.325 e. The normalized spacial score (nSPS) is 12.5. The number of carbonyl (C=O) groups is 1. The summed E-state index contributed by atoms with van der Waals surface area (Å²) in [5.74, 6) is 0.0168. The molecule has 2 N–H and O–H groups in total. The highest BCUT2D eigenvalue weighted by atomic mass is 16.2. The van der Waals surface area contributed by atoms with E-state index in [0.29, 0.717) is 6.04 Å². The lowest BCUT2D eigenvalue weighted by molar-refractivity contribution is -0.118. The van der Waals surface area contributed by atoms with Crippen molar-refractivity contribution in [2.45, 2.75) is 45.7 Å². The minimum Gasteiger partial charge on any atom is -0.325 e. The van der Waals surface area contributed by atoms with Gasteiger partial charge in [0.25, 0.3) is 0 Å². The fraction of sp³-hybridized carbons (Fsp3) is 0.500. The van der Waals surface area contributed by atoms with Crippen LogP contribution in [0.1, 0.15) is 33.6 Å². The summed E-state index contributed by atoms with van der Waals surface area (Å²) in [4.78, 5) is 11.9. The Bertz CT molecular complexity index is 333. The Kier molecular flexibility index (Phi) is 5.70. The number of carbonyl (C=O) groups excluding carboxylic acids is 1. The van der Waals surface area contributed by atoms with Gasteiger partial charge in [0.05, 0.1) is 6.04 Å². The summed E-state index contributed by atoms with van der Waals surface area (Å²) in [6, 6.07) is 9.78. The minimum atomic E-state index is -0.167. The average molecular weight is 234 g/mol. The van der Waals surface area contributed by atoms with E-state index in [9.17, 15) is 4.79 Å². The summed E-state index contributed by atoms with van der Waals surface area (Å²) in [5.41, 5.74) is 0.843. The van der Waals surface area contributed by atoms with Crippen molar-refractivity contribution in [2.75, 3.05) is 5.32 Å². The molecule has 17 heavy (non-hydrogen) atoms. The molecular formula is C14H22N2O. The van der Waals surface area contributed by atoms with Gasteiger partial charge in [-0.3, -0.25) is 4.79 Å². The first-order valence-corrected chi connectivity index (χ1v) is 6.29. The number of para-hydroxylation sites is 1. The zero-order chi connectivity index (χ0) is 12.7. The lowest BCUT2D eigenvalue weighted by atomic mass is 10.1. The molecule has 1 amide bonds. The molecule has 0 bridgehead atoms. The van der Waals surface area contributed by atoms with E-state index in [2.05, 4.69) is 24.5 Å². The van der Waals surface area contributed by atoms with Crippen LogP contribution in [0.2, 0.25) is 0 Å². The van der Waals surface area contributed by atoms with E-state index in [4.69, 9.17) is 0 Å². The third kappa shape index (κ3) is 4.57. The maximum atomic E-state index is 11.9. The predicted molar refractivity (Wildman–Crippen MR) is 72.0 cm³/mol. The first kappa shape index (κ1) is 13.7. The van der Waals surface area contributed by atoms with Crippen LogP contribution in [0.4, 0.5) is 5.69 Å². The summed E-state index contributed by atoms with van der Waals surface area (Å²) in [7, 11) is 0. The summed E-state index contributed by atoms with van der Waals surface area (Å²) >= 11 is 0. The number of amides is 1. The van der Waals surface area contributed by atoms with Crippen LogP contribution in [0.15, 0.2) is 30.3 Å². The Hall–Kier alpha value is -1.35. The number of rotatable bonds is 6. The van der Waals surface area contributed by atoms with Crippen LogP contribution in [0.5, 0.6) is 0 Å². The molecule has 0 saturated carbocycles. The van der Waals surface area contributed by atoms with Crippen molar-refractivity contribution in [1.82, 2.24) is 5.32 Å². The van der Waals surface area contributed by atoms with Crippen LogP contribution in [-0.2, 0) is 4.79 Å². The van der Waals surface area contributed by atoms with Crippen LogP contribution in [0.25, 0.3) is 0 Å². The Morgan fingerprint density at radius 3 is 2.29 bits per heavy atom. The average Bonchev–Trinajstić information content (AvgIpc) is 2.36. The highest BCUT2D eigenvalue weighted by molar-refractivity contribution is 5.94. The van der Waals surface area contributed by atoms with E-state index in [1.807, 2.05) is 37.3 Å². The maximum absolute atomic E-state index is 11.9. The first-order chi connectivity index (χ1) is 8.17. The Balaban J connectivity index is 2.47. The van der Waals surface area contributed by atoms with Gasteiger partial charge in [-0.15, -0.1) is 0 Å². The number of hydrogen-bond donors (Lipinski definition) is 2. The molecule has 1 aromatic carbocycles. The lowest BCUT2D eigenvalue weighted by Crippen LogP contribution is -2.43. The van der Waals surface area contributed by atoms with Crippen molar-refractivity contribution in [1.29, 1.82) is 0 Å². The quantitative estimate of drug-likeness (QED) is 0.794. The molecule has 0 aliphatic carbocycles. The van der Waals surface area contributed by atoms with E-state index < -0.39 is 0 Å². The lowest BCUT2D eigenvalue weighted by Gasteiger charge is -2.20. The molecule has 1 atom stereocenters. The summed E-state index contributed by atoms with van der Waals surface area (Å²) in [5, 5.41) is 6.22. The highest BCUT2D eigenvalue weighted by Gasteiger charge is 2.15. The fourth-order valence-electron chi connectivity index (χ4n) is 1.73. The molecule has 0 aliphatic heterocycles. The Labute approximate surface area is 104 Å². The van der Waals surface area contributed by atoms with Crippen LogP contribution in [-0.4, -0.2) is 18.0 Å². The Morgan fingerprint density at radius 1 is 1.18 bits per heavy atom. The Morgan fingerprint density at radius 2 is 1.76 bits per heavy atom. The molecular weight excluding hydrogens is 212 g/mol. The molecule has 1 rings (SSSR count). The summed E-state index contributed by atoms with van der Waals surface area (Å²) < 4.78 is 0.